The fourth-order valence-corrected chi connectivity index (χ4v) is 4.90. The van der Waals surface area contributed by atoms with E-state index in [4.69, 9.17) is 34.4 Å². The number of fused-ring (bicyclic) bond motifs is 1. The topological polar surface area (TPSA) is 367 Å². The number of carbonyl (C=O) groups excluding carboxylic acids is 5. The SMILES string of the molecule is C[C@H](NC(=O)[C@H](Cc1c[nH]c2ccccc12)NC(=O)[C@H](CCCN=C(N)N)NC(=O)[C@H](CCCN=C(N)N)NC(=O)[C@@H](N)CCC(N)=O)C(=O)O. The van der Waals surface area contributed by atoms with Crippen LogP contribution in [0.5, 0.6) is 0 Å². The molecule has 20 heteroatoms. The second-order valence-electron chi connectivity index (χ2n) is 11.8. The number of aliphatic imine (C=N–C) groups is 2. The summed E-state index contributed by atoms with van der Waals surface area (Å²) in [6.45, 7) is 1.50. The summed E-state index contributed by atoms with van der Waals surface area (Å²) in [4.78, 5) is 87.4. The van der Waals surface area contributed by atoms with Gasteiger partial charge in [-0.25, -0.2) is 0 Å². The van der Waals surface area contributed by atoms with Crippen LogP contribution in [0.15, 0.2) is 40.4 Å². The van der Waals surface area contributed by atoms with Crippen LogP contribution in [0.1, 0.15) is 51.0 Å². The van der Waals surface area contributed by atoms with Crippen LogP contribution in [0, 0.1) is 0 Å². The van der Waals surface area contributed by atoms with E-state index in [2.05, 4.69) is 36.2 Å². The van der Waals surface area contributed by atoms with E-state index in [0.717, 1.165) is 10.9 Å². The van der Waals surface area contributed by atoms with E-state index in [1.165, 1.54) is 6.92 Å². The number of aromatic amines is 1. The van der Waals surface area contributed by atoms with Crippen molar-refractivity contribution in [3.05, 3.63) is 36.0 Å². The number of hydrogen-bond acceptors (Lipinski definition) is 9. The second-order valence-corrected chi connectivity index (χ2v) is 11.8. The molecular formula is C31H49N13O7. The Hall–Kier alpha value is -5.92. The summed E-state index contributed by atoms with van der Waals surface area (Å²) in [5.74, 6) is -5.36. The predicted octanol–water partition coefficient (Wildman–Crippen LogP) is -3.55. The Morgan fingerprint density at radius 2 is 1.25 bits per heavy atom. The van der Waals surface area contributed by atoms with Gasteiger partial charge in [0.25, 0.3) is 0 Å². The van der Waals surface area contributed by atoms with Gasteiger partial charge in [-0.1, -0.05) is 18.2 Å². The molecule has 20 nitrogen and oxygen atoms in total. The maximum Gasteiger partial charge on any atom is 0.325 e. The number of rotatable bonds is 22. The molecule has 0 aliphatic rings. The number of aromatic nitrogens is 1. The van der Waals surface area contributed by atoms with E-state index < -0.39 is 65.7 Å². The third kappa shape index (κ3) is 14.6. The summed E-state index contributed by atoms with van der Waals surface area (Å²) in [5, 5.41) is 20.4. The van der Waals surface area contributed by atoms with E-state index in [9.17, 15) is 33.9 Å². The number of nitrogens with zero attached hydrogens (tertiary/aromatic N) is 2. The highest BCUT2D eigenvalue weighted by Crippen LogP contribution is 2.19. The van der Waals surface area contributed by atoms with Gasteiger partial charge in [0.05, 0.1) is 6.04 Å². The molecule has 1 aromatic carbocycles. The van der Waals surface area contributed by atoms with Crippen molar-refractivity contribution >= 4 is 58.3 Å². The lowest BCUT2D eigenvalue weighted by Crippen LogP contribution is -2.58. The molecule has 0 saturated carbocycles. The first-order valence-electron chi connectivity index (χ1n) is 16.2. The number of carbonyl (C=O) groups is 6. The van der Waals surface area contributed by atoms with Crippen molar-refractivity contribution in [1.82, 2.24) is 26.3 Å². The molecule has 5 atom stereocenters. The number of para-hydroxylation sites is 1. The van der Waals surface area contributed by atoms with Gasteiger partial charge < -0.3 is 65.8 Å². The summed E-state index contributed by atoms with van der Waals surface area (Å²) in [5.41, 5.74) is 34.2. The number of aliphatic carboxylic acids is 1. The fraction of sp³-hybridized carbons (Fsp3) is 0.484. The highest BCUT2D eigenvalue weighted by molar-refractivity contribution is 5.96. The van der Waals surface area contributed by atoms with Gasteiger partial charge in [0.1, 0.15) is 24.2 Å². The number of benzene rings is 1. The summed E-state index contributed by atoms with van der Waals surface area (Å²) in [7, 11) is 0. The van der Waals surface area contributed by atoms with Gasteiger partial charge in [-0.15, -0.1) is 0 Å². The lowest BCUT2D eigenvalue weighted by atomic mass is 10.0. The minimum absolute atomic E-state index is 0.00585. The largest absolute Gasteiger partial charge is 0.480 e. The fourth-order valence-electron chi connectivity index (χ4n) is 4.90. The van der Waals surface area contributed by atoms with Crippen molar-refractivity contribution in [2.24, 2.45) is 44.4 Å². The van der Waals surface area contributed by atoms with E-state index in [1.807, 2.05) is 18.2 Å². The van der Waals surface area contributed by atoms with E-state index in [-0.39, 0.29) is 70.0 Å². The van der Waals surface area contributed by atoms with Crippen molar-refractivity contribution in [2.75, 3.05) is 13.1 Å². The lowest BCUT2D eigenvalue weighted by Gasteiger charge is -2.26. The van der Waals surface area contributed by atoms with Gasteiger partial charge >= 0.3 is 5.97 Å². The molecule has 1 heterocycles. The lowest BCUT2D eigenvalue weighted by molar-refractivity contribution is -0.141. The van der Waals surface area contributed by atoms with E-state index in [1.54, 1.807) is 12.3 Å². The molecule has 0 fully saturated rings. The highest BCUT2D eigenvalue weighted by Gasteiger charge is 2.31. The Morgan fingerprint density at radius 3 is 1.78 bits per heavy atom. The predicted molar refractivity (Wildman–Crippen MR) is 189 cm³/mol. The molecule has 0 aliphatic heterocycles. The van der Waals surface area contributed by atoms with E-state index in [0.29, 0.717) is 5.56 Å². The number of carboxylic acid groups (broad SMARTS) is 1. The first kappa shape index (κ1) is 41.3. The van der Waals surface area contributed by atoms with Gasteiger partial charge in [-0.2, -0.15) is 0 Å². The summed E-state index contributed by atoms with van der Waals surface area (Å²) in [6.07, 6.45) is 1.89. The van der Waals surface area contributed by atoms with E-state index >= 15 is 0 Å². The molecule has 5 amide bonds. The summed E-state index contributed by atoms with van der Waals surface area (Å²) >= 11 is 0. The number of hydrogen-bond donors (Lipinski definition) is 12. The Bertz CT molecular complexity index is 1580. The minimum atomic E-state index is -1.28. The summed E-state index contributed by atoms with van der Waals surface area (Å²) < 4.78 is 0. The van der Waals surface area contributed by atoms with Gasteiger partial charge in [-0.05, 0) is 50.7 Å². The van der Waals surface area contributed by atoms with Crippen molar-refractivity contribution in [1.29, 1.82) is 0 Å². The highest BCUT2D eigenvalue weighted by atomic mass is 16.4. The molecule has 1 aromatic heterocycles. The van der Waals surface area contributed by atoms with Gasteiger partial charge in [0, 0.05) is 43.0 Å². The zero-order valence-corrected chi connectivity index (χ0v) is 28.4. The van der Waals surface area contributed by atoms with Crippen LogP contribution >= 0.6 is 0 Å². The number of carboxylic acids is 1. The zero-order valence-electron chi connectivity index (χ0n) is 28.4. The van der Waals surface area contributed by atoms with Crippen LogP contribution in [0.2, 0.25) is 0 Å². The van der Waals surface area contributed by atoms with Gasteiger partial charge in [0.2, 0.25) is 29.5 Å². The van der Waals surface area contributed by atoms with Crippen LogP contribution in [-0.2, 0) is 35.2 Å². The number of nitrogens with two attached hydrogens (primary N) is 6. The first-order chi connectivity index (χ1) is 24.1. The van der Waals surface area contributed by atoms with Crippen molar-refractivity contribution in [3.63, 3.8) is 0 Å². The molecule has 0 bridgehead atoms. The summed E-state index contributed by atoms with van der Waals surface area (Å²) in [6, 6.07) is 1.08. The normalized spacial score (nSPS) is 13.8. The molecular weight excluding hydrogens is 666 g/mol. The van der Waals surface area contributed by atoms with Gasteiger partial charge in [0.15, 0.2) is 11.9 Å². The molecule has 0 unspecified atom stereocenters. The number of H-pyrrole nitrogens is 1. The number of nitrogens with one attached hydrogen (secondary N) is 5. The molecule has 0 radical (unpaired) electrons. The zero-order chi connectivity index (χ0) is 38.1. The average Bonchev–Trinajstić information content (AvgIpc) is 3.47. The number of primary amides is 1. The molecule has 280 valence electrons. The molecule has 0 spiro atoms. The monoisotopic (exact) mass is 715 g/mol. The Kier molecular flexibility index (Phi) is 16.6. The first-order valence-corrected chi connectivity index (χ1v) is 16.2. The Balaban J connectivity index is 2.37. The van der Waals surface area contributed by atoms with Crippen LogP contribution in [0.3, 0.4) is 0 Å². The number of amides is 5. The van der Waals surface area contributed by atoms with Crippen LogP contribution < -0.4 is 55.7 Å². The minimum Gasteiger partial charge on any atom is -0.480 e. The van der Waals surface area contributed by atoms with Crippen LogP contribution in [0.25, 0.3) is 10.9 Å². The van der Waals surface area contributed by atoms with Crippen molar-refractivity contribution in [3.8, 4) is 0 Å². The molecule has 2 rings (SSSR count). The van der Waals surface area contributed by atoms with Crippen molar-refractivity contribution in [2.45, 2.75) is 82.1 Å². The smallest absolute Gasteiger partial charge is 0.325 e. The maximum atomic E-state index is 13.9. The molecule has 2 aromatic rings. The third-order valence-electron chi connectivity index (χ3n) is 7.66. The Morgan fingerprint density at radius 1 is 0.745 bits per heavy atom. The van der Waals surface area contributed by atoms with Crippen LogP contribution in [-0.4, -0.2) is 101 Å². The third-order valence-corrected chi connectivity index (χ3v) is 7.66. The maximum absolute atomic E-state index is 13.9. The number of guanidine groups is 2. The van der Waals surface area contributed by atoms with Crippen LogP contribution in [0.4, 0.5) is 0 Å². The molecule has 0 saturated heterocycles. The Labute approximate surface area is 294 Å². The average molecular weight is 716 g/mol. The van der Waals surface area contributed by atoms with Gasteiger partial charge in [-0.3, -0.25) is 38.8 Å². The quantitative estimate of drug-likeness (QED) is 0.0320. The standard InChI is InChI=1S/C31H49N13O7/c1-16(29(50)51)41-28(49)23(14-17-15-40-20-7-3-2-6-18(17)20)44-27(48)22(9-5-13-39-31(36)37)43-26(47)21(8-4-12-38-30(34)35)42-25(46)19(32)10-11-24(33)45/h2-3,6-7,15-16,19,21-23,40H,4-5,8-14,32H2,1H3,(H2,33,45)(H,41,49)(H,42,46)(H,43,47)(H,44,48)(H,50,51)(H4,34,35,38)(H4,36,37,39)/t16-,19-,21-,22-,23-/m0/s1. The van der Waals surface area contributed by atoms with Crippen molar-refractivity contribution < 1.29 is 33.9 Å². The molecule has 0 aliphatic carbocycles. The second kappa shape index (κ2) is 20.6. The molecule has 51 heavy (non-hydrogen) atoms. The molecule has 18 N–H and O–H groups in total.